The molecule has 2 aliphatic rings. The molecule has 0 saturated carbocycles. The summed E-state index contributed by atoms with van der Waals surface area (Å²) < 4.78 is 59.7. The molecule has 42 heavy (non-hydrogen) atoms. The number of rotatable bonds is 2. The number of hydrogen-bond donors (Lipinski definition) is 1. The minimum Gasteiger partial charge on any atom is -0.486 e. The normalized spacial score (nSPS) is 20.4. The van der Waals surface area contributed by atoms with Crippen molar-refractivity contribution < 1.29 is 22.6 Å². The van der Waals surface area contributed by atoms with E-state index in [2.05, 4.69) is 20.3 Å². The SMILES string of the molecule is CC(C)c1nccc2c1-n1c(=O)nc(N3C[C@@H](C)NC[C@@H]3C)c3cc(F)c(nc31)-c1c(F)ccc(F)c1OC[C@H](C)O2. The van der Waals surface area contributed by atoms with E-state index in [1.807, 2.05) is 32.6 Å². The first-order chi connectivity index (χ1) is 20.0. The molecule has 6 rings (SSSR count). The second kappa shape index (κ2) is 10.6. The van der Waals surface area contributed by atoms with Gasteiger partial charge in [-0.2, -0.15) is 4.98 Å². The van der Waals surface area contributed by atoms with Crippen LogP contribution >= 0.6 is 0 Å². The van der Waals surface area contributed by atoms with E-state index >= 15 is 13.2 Å². The third-order valence-corrected chi connectivity index (χ3v) is 7.61. The second-order valence-corrected chi connectivity index (χ2v) is 11.2. The van der Waals surface area contributed by atoms with Crippen molar-refractivity contribution >= 4 is 16.9 Å². The summed E-state index contributed by atoms with van der Waals surface area (Å²) in [4.78, 5) is 29.6. The largest absolute Gasteiger partial charge is 0.486 e. The molecular weight excluding hydrogens is 549 g/mol. The van der Waals surface area contributed by atoms with Crippen LogP contribution in [0.5, 0.6) is 11.5 Å². The van der Waals surface area contributed by atoms with E-state index in [1.54, 1.807) is 19.2 Å². The summed E-state index contributed by atoms with van der Waals surface area (Å²) in [5, 5.41) is 3.61. The Hall–Kier alpha value is -4.19. The Morgan fingerprint density at radius 3 is 2.57 bits per heavy atom. The van der Waals surface area contributed by atoms with Crippen molar-refractivity contribution in [2.75, 3.05) is 24.6 Å². The van der Waals surface area contributed by atoms with E-state index in [0.29, 0.717) is 30.2 Å². The zero-order valence-corrected chi connectivity index (χ0v) is 23.9. The van der Waals surface area contributed by atoms with Gasteiger partial charge < -0.3 is 19.7 Å². The first kappa shape index (κ1) is 28.0. The fourth-order valence-electron chi connectivity index (χ4n) is 5.56. The van der Waals surface area contributed by atoms with Crippen LogP contribution in [0, 0.1) is 17.5 Å². The Bertz CT molecular complexity index is 1760. The number of hydrogen-bond acceptors (Lipinski definition) is 8. The number of pyridine rings is 2. The van der Waals surface area contributed by atoms with E-state index in [1.165, 1.54) is 10.6 Å². The maximum atomic E-state index is 16.1. The molecule has 1 saturated heterocycles. The molecular formula is C30H31F3N6O3. The number of nitrogens with zero attached hydrogens (tertiary/aromatic N) is 5. The van der Waals surface area contributed by atoms with Gasteiger partial charge in [-0.3, -0.25) is 4.98 Å². The maximum absolute atomic E-state index is 16.1. The van der Waals surface area contributed by atoms with Gasteiger partial charge in [0.2, 0.25) is 0 Å². The lowest BCUT2D eigenvalue weighted by atomic mass is 10.1. The maximum Gasteiger partial charge on any atom is 0.356 e. The lowest BCUT2D eigenvalue weighted by molar-refractivity contribution is 0.139. The molecule has 3 atom stereocenters. The average Bonchev–Trinajstić information content (AvgIpc) is 2.94. The molecule has 220 valence electrons. The van der Waals surface area contributed by atoms with Crippen LogP contribution in [0.15, 0.2) is 35.3 Å². The summed E-state index contributed by atoms with van der Waals surface area (Å²) >= 11 is 0. The fourth-order valence-corrected chi connectivity index (χ4v) is 5.56. The highest BCUT2D eigenvalue weighted by Gasteiger charge is 2.31. The quantitative estimate of drug-likeness (QED) is 0.364. The van der Waals surface area contributed by atoms with Crippen molar-refractivity contribution in [3.8, 4) is 28.4 Å². The molecule has 2 aliphatic heterocycles. The van der Waals surface area contributed by atoms with Gasteiger partial charge in [0.15, 0.2) is 23.0 Å². The van der Waals surface area contributed by atoms with Crippen LogP contribution in [0.4, 0.5) is 19.0 Å². The number of piperazine rings is 1. The molecule has 12 heteroatoms. The van der Waals surface area contributed by atoms with Crippen LogP contribution in [0.25, 0.3) is 28.0 Å². The van der Waals surface area contributed by atoms with E-state index in [9.17, 15) is 4.79 Å². The average molecular weight is 581 g/mol. The monoisotopic (exact) mass is 580 g/mol. The molecule has 5 heterocycles. The molecule has 0 unspecified atom stereocenters. The highest BCUT2D eigenvalue weighted by molar-refractivity contribution is 5.91. The third kappa shape index (κ3) is 4.63. The molecule has 0 spiro atoms. The number of fused-ring (bicyclic) bond motifs is 5. The first-order valence-corrected chi connectivity index (χ1v) is 14.0. The van der Waals surface area contributed by atoms with E-state index in [-0.39, 0.29) is 41.5 Å². The molecule has 3 aromatic heterocycles. The number of benzene rings is 1. The van der Waals surface area contributed by atoms with Crippen LogP contribution in [0.1, 0.15) is 46.2 Å². The van der Waals surface area contributed by atoms with Crippen molar-refractivity contribution in [3.05, 3.63) is 64.1 Å². The summed E-state index contributed by atoms with van der Waals surface area (Å²) in [5.74, 6) is -2.86. The predicted octanol–water partition coefficient (Wildman–Crippen LogP) is 4.73. The lowest BCUT2D eigenvalue weighted by Gasteiger charge is -2.38. The molecule has 4 aromatic rings. The topological polar surface area (TPSA) is 94.4 Å². The van der Waals surface area contributed by atoms with Crippen LogP contribution in [0.2, 0.25) is 0 Å². The number of nitrogens with one attached hydrogen (secondary N) is 1. The summed E-state index contributed by atoms with van der Waals surface area (Å²) in [7, 11) is 0. The Morgan fingerprint density at radius 2 is 1.81 bits per heavy atom. The van der Waals surface area contributed by atoms with E-state index in [0.717, 1.165) is 12.1 Å². The number of anilines is 1. The molecule has 0 radical (unpaired) electrons. The summed E-state index contributed by atoms with van der Waals surface area (Å²) in [6.07, 6.45) is 0.883. The van der Waals surface area contributed by atoms with Crippen molar-refractivity contribution in [1.82, 2.24) is 24.8 Å². The van der Waals surface area contributed by atoms with Gasteiger partial charge in [-0.25, -0.2) is 27.5 Å². The molecule has 0 amide bonds. The number of halogens is 3. The van der Waals surface area contributed by atoms with Crippen molar-refractivity contribution in [2.45, 2.75) is 58.7 Å². The first-order valence-electron chi connectivity index (χ1n) is 14.0. The van der Waals surface area contributed by atoms with Gasteiger partial charge in [-0.1, -0.05) is 13.8 Å². The van der Waals surface area contributed by atoms with Gasteiger partial charge in [0.05, 0.1) is 16.6 Å². The minimum absolute atomic E-state index is 0.00220. The van der Waals surface area contributed by atoms with Gasteiger partial charge in [0.1, 0.15) is 41.5 Å². The lowest BCUT2D eigenvalue weighted by Crippen LogP contribution is -2.55. The zero-order chi connectivity index (χ0) is 29.9. The highest BCUT2D eigenvalue weighted by Crippen LogP contribution is 2.40. The standard InChI is InChI=1S/C30H31F3N6O3/c1-14(2)24-26-22(8-9-34-24)42-17(5)13-41-27-20(32)7-6-19(31)23(27)25-21(33)10-18-28(37-30(40)39(26)29(18)36-25)38-12-15(3)35-11-16(38)4/h6-10,14-17,35H,11-13H2,1-5H3/t15-,16+,17+/m1/s1. The molecule has 2 bridgehead atoms. The van der Waals surface area contributed by atoms with Crippen LogP contribution in [0.3, 0.4) is 0 Å². The Morgan fingerprint density at radius 1 is 1.05 bits per heavy atom. The van der Waals surface area contributed by atoms with E-state index < -0.39 is 46.3 Å². The molecule has 1 N–H and O–H groups in total. The second-order valence-electron chi connectivity index (χ2n) is 11.2. The minimum atomic E-state index is -0.930. The predicted molar refractivity (Wildman–Crippen MR) is 152 cm³/mol. The Balaban J connectivity index is 1.78. The molecule has 1 aromatic carbocycles. The Labute approximate surface area is 240 Å². The zero-order valence-electron chi connectivity index (χ0n) is 23.9. The van der Waals surface area contributed by atoms with Gasteiger partial charge in [-0.05, 0) is 44.9 Å². The smallest absolute Gasteiger partial charge is 0.356 e. The van der Waals surface area contributed by atoms with E-state index in [4.69, 9.17) is 9.47 Å². The third-order valence-electron chi connectivity index (χ3n) is 7.61. The van der Waals surface area contributed by atoms with Crippen LogP contribution < -0.4 is 25.4 Å². The fraction of sp³-hybridized carbons (Fsp3) is 0.400. The van der Waals surface area contributed by atoms with Crippen LogP contribution in [-0.4, -0.2) is 57.4 Å². The summed E-state index contributed by atoms with van der Waals surface area (Å²) in [5.41, 5.74) is -0.860. The number of aromatic nitrogens is 4. The highest BCUT2D eigenvalue weighted by atomic mass is 19.1. The van der Waals surface area contributed by atoms with Crippen molar-refractivity contribution in [1.29, 1.82) is 0 Å². The van der Waals surface area contributed by atoms with Crippen molar-refractivity contribution in [2.24, 2.45) is 0 Å². The van der Waals surface area contributed by atoms with Crippen LogP contribution in [-0.2, 0) is 0 Å². The molecule has 1 fully saturated rings. The van der Waals surface area contributed by atoms with Gasteiger partial charge in [0.25, 0.3) is 0 Å². The number of ether oxygens (including phenoxy) is 2. The Kier molecular flexibility index (Phi) is 7.04. The molecule has 0 aliphatic carbocycles. The van der Waals surface area contributed by atoms with Gasteiger partial charge in [-0.15, -0.1) is 0 Å². The van der Waals surface area contributed by atoms with Crippen molar-refractivity contribution in [3.63, 3.8) is 0 Å². The van der Waals surface area contributed by atoms with Gasteiger partial charge in [0, 0.05) is 37.4 Å². The van der Waals surface area contributed by atoms with Gasteiger partial charge >= 0.3 is 5.69 Å². The summed E-state index contributed by atoms with van der Waals surface area (Å²) in [6, 6.07) is 4.57. The molecule has 9 nitrogen and oxygen atoms in total. The summed E-state index contributed by atoms with van der Waals surface area (Å²) in [6.45, 7) is 10.4.